The van der Waals surface area contributed by atoms with Gasteiger partial charge in [0.1, 0.15) is 5.82 Å². The van der Waals surface area contributed by atoms with E-state index in [1.165, 1.54) is 0 Å². The van der Waals surface area contributed by atoms with E-state index in [1.54, 1.807) is 19.2 Å². The number of aromatic nitrogens is 1. The predicted octanol–water partition coefficient (Wildman–Crippen LogP) is 1.67. The fourth-order valence-corrected chi connectivity index (χ4v) is 1.70. The number of nitrogens with two attached hydrogens (primary N) is 2. The van der Waals surface area contributed by atoms with E-state index in [-0.39, 0.29) is 11.6 Å². The number of carbonyl (C=O) groups is 1. The number of nitrogen functional groups attached to an aromatic ring is 1. The number of hydrogen-bond donors (Lipinski definition) is 2. The summed E-state index contributed by atoms with van der Waals surface area (Å²) >= 11 is 0. The fraction of sp³-hybridized carbons (Fsp3) is 0.500. The van der Waals surface area contributed by atoms with Crippen LogP contribution in [-0.2, 0) is 0 Å². The summed E-state index contributed by atoms with van der Waals surface area (Å²) in [6.45, 7) is 5.60. The Hall–Kier alpha value is -1.42. The van der Waals surface area contributed by atoms with Crippen LogP contribution in [0.15, 0.2) is 12.3 Å². The average molecular weight is 221 g/mol. The van der Waals surface area contributed by atoms with E-state index in [4.69, 9.17) is 11.5 Å². The van der Waals surface area contributed by atoms with Crippen LogP contribution in [-0.4, -0.2) is 16.3 Å². The van der Waals surface area contributed by atoms with Crippen molar-refractivity contribution in [3.05, 3.63) is 23.4 Å². The lowest BCUT2D eigenvalue weighted by atomic mass is 9.88. The highest BCUT2D eigenvalue weighted by Crippen LogP contribution is 2.20. The number of nitrogens with zero attached hydrogens (tertiary/aromatic N) is 1. The molecule has 0 aliphatic heterocycles. The quantitative estimate of drug-likeness (QED) is 0.758. The average Bonchev–Trinajstić information content (AvgIpc) is 2.20. The first-order valence-electron chi connectivity index (χ1n) is 5.44. The molecule has 0 saturated carbocycles. The van der Waals surface area contributed by atoms with Crippen molar-refractivity contribution in [2.24, 2.45) is 5.73 Å². The Kier molecular flexibility index (Phi) is 3.65. The number of Topliss-reactive ketones (excluding diaryl/α,β-unsaturated/α-hetero) is 1. The summed E-state index contributed by atoms with van der Waals surface area (Å²) in [5, 5.41) is 0. The smallest absolute Gasteiger partial charge is 0.186 e. The van der Waals surface area contributed by atoms with Gasteiger partial charge in [0.15, 0.2) is 5.78 Å². The number of rotatable bonds is 4. The molecule has 0 aliphatic carbocycles. The second-order valence-corrected chi connectivity index (χ2v) is 4.44. The molecule has 16 heavy (non-hydrogen) atoms. The summed E-state index contributed by atoms with van der Waals surface area (Å²) in [6.07, 6.45) is 3.14. The molecule has 4 nitrogen and oxygen atoms in total. The summed E-state index contributed by atoms with van der Waals surface area (Å²) in [4.78, 5) is 16.2. The van der Waals surface area contributed by atoms with Crippen molar-refractivity contribution in [1.29, 1.82) is 0 Å². The first kappa shape index (κ1) is 12.6. The third-order valence-electron chi connectivity index (χ3n) is 2.59. The molecule has 0 amide bonds. The molecular weight excluding hydrogens is 202 g/mol. The zero-order valence-electron chi connectivity index (χ0n) is 10.1. The second-order valence-electron chi connectivity index (χ2n) is 4.44. The van der Waals surface area contributed by atoms with E-state index in [1.807, 2.05) is 13.8 Å². The molecule has 0 spiro atoms. The minimum absolute atomic E-state index is 0.136. The van der Waals surface area contributed by atoms with Crippen molar-refractivity contribution in [1.82, 2.24) is 4.98 Å². The SMILES string of the molecule is CCCC(C)(N)C(=O)c1cc(C)cnc1N. The lowest BCUT2D eigenvalue weighted by Gasteiger charge is -2.22. The topological polar surface area (TPSA) is 82.0 Å². The van der Waals surface area contributed by atoms with Crippen molar-refractivity contribution in [3.8, 4) is 0 Å². The zero-order chi connectivity index (χ0) is 12.3. The van der Waals surface area contributed by atoms with E-state index >= 15 is 0 Å². The van der Waals surface area contributed by atoms with Gasteiger partial charge in [-0.1, -0.05) is 13.3 Å². The van der Waals surface area contributed by atoms with Gasteiger partial charge < -0.3 is 11.5 Å². The summed E-state index contributed by atoms with van der Waals surface area (Å²) in [5.41, 5.74) is 12.2. The van der Waals surface area contributed by atoms with E-state index in [0.717, 1.165) is 12.0 Å². The molecule has 1 rings (SSSR count). The molecule has 1 heterocycles. The molecule has 1 atom stereocenters. The number of aryl methyl sites for hydroxylation is 1. The first-order chi connectivity index (χ1) is 7.38. The lowest BCUT2D eigenvalue weighted by Crippen LogP contribution is -2.45. The molecule has 0 fully saturated rings. The van der Waals surface area contributed by atoms with E-state index in [9.17, 15) is 4.79 Å². The largest absolute Gasteiger partial charge is 0.383 e. The minimum Gasteiger partial charge on any atom is -0.383 e. The van der Waals surface area contributed by atoms with Crippen molar-refractivity contribution in [2.45, 2.75) is 39.2 Å². The Morgan fingerprint density at radius 1 is 1.56 bits per heavy atom. The number of anilines is 1. The van der Waals surface area contributed by atoms with Crippen LogP contribution in [0.1, 0.15) is 42.6 Å². The number of carbonyl (C=O) groups excluding carboxylic acids is 1. The van der Waals surface area contributed by atoms with Crippen molar-refractivity contribution in [2.75, 3.05) is 5.73 Å². The van der Waals surface area contributed by atoms with Gasteiger partial charge in [-0.05, 0) is 31.9 Å². The van der Waals surface area contributed by atoms with Crippen LogP contribution < -0.4 is 11.5 Å². The van der Waals surface area contributed by atoms with Crippen LogP contribution in [0, 0.1) is 6.92 Å². The van der Waals surface area contributed by atoms with E-state index < -0.39 is 5.54 Å². The maximum absolute atomic E-state index is 12.2. The highest BCUT2D eigenvalue weighted by atomic mass is 16.1. The Balaban J connectivity index is 3.09. The van der Waals surface area contributed by atoms with Gasteiger partial charge in [0.05, 0.1) is 11.1 Å². The van der Waals surface area contributed by atoms with Gasteiger partial charge in [-0.2, -0.15) is 0 Å². The van der Waals surface area contributed by atoms with Crippen LogP contribution in [0.25, 0.3) is 0 Å². The van der Waals surface area contributed by atoms with Gasteiger partial charge in [0, 0.05) is 6.20 Å². The fourth-order valence-electron chi connectivity index (χ4n) is 1.70. The molecule has 0 bridgehead atoms. The molecule has 4 heteroatoms. The number of pyridine rings is 1. The summed E-state index contributed by atoms with van der Waals surface area (Å²) in [6, 6.07) is 1.74. The molecule has 1 aromatic heterocycles. The van der Waals surface area contributed by atoms with Crippen LogP contribution in [0.3, 0.4) is 0 Å². The molecule has 4 N–H and O–H groups in total. The molecule has 0 saturated heterocycles. The predicted molar refractivity (Wildman–Crippen MR) is 65.2 cm³/mol. The Labute approximate surface area is 96.0 Å². The normalized spacial score (nSPS) is 14.5. The van der Waals surface area contributed by atoms with Gasteiger partial charge in [-0.15, -0.1) is 0 Å². The highest BCUT2D eigenvalue weighted by Gasteiger charge is 2.29. The van der Waals surface area contributed by atoms with Gasteiger partial charge in [-0.25, -0.2) is 4.98 Å². The Morgan fingerprint density at radius 3 is 2.75 bits per heavy atom. The monoisotopic (exact) mass is 221 g/mol. The zero-order valence-corrected chi connectivity index (χ0v) is 10.1. The molecule has 88 valence electrons. The van der Waals surface area contributed by atoms with Crippen LogP contribution >= 0.6 is 0 Å². The molecule has 0 aliphatic rings. The summed E-state index contributed by atoms with van der Waals surface area (Å²) < 4.78 is 0. The van der Waals surface area contributed by atoms with Gasteiger partial charge in [0.2, 0.25) is 0 Å². The van der Waals surface area contributed by atoms with E-state index in [0.29, 0.717) is 12.0 Å². The Bertz CT molecular complexity index is 399. The van der Waals surface area contributed by atoms with Crippen molar-refractivity contribution < 1.29 is 4.79 Å². The molecule has 0 aromatic carbocycles. The lowest BCUT2D eigenvalue weighted by molar-refractivity contribution is 0.0893. The van der Waals surface area contributed by atoms with Crippen LogP contribution in [0.5, 0.6) is 0 Å². The number of ketones is 1. The van der Waals surface area contributed by atoms with Crippen LogP contribution in [0.4, 0.5) is 5.82 Å². The first-order valence-corrected chi connectivity index (χ1v) is 5.44. The standard InChI is InChI=1S/C12H19N3O/c1-4-5-12(3,14)10(16)9-6-8(2)7-15-11(9)13/h6-7H,4-5,14H2,1-3H3,(H2,13,15). The van der Waals surface area contributed by atoms with Crippen molar-refractivity contribution >= 4 is 11.6 Å². The highest BCUT2D eigenvalue weighted by molar-refractivity contribution is 6.06. The van der Waals surface area contributed by atoms with Gasteiger partial charge in [0.25, 0.3) is 0 Å². The third kappa shape index (κ3) is 2.58. The van der Waals surface area contributed by atoms with Crippen LogP contribution in [0.2, 0.25) is 0 Å². The second kappa shape index (κ2) is 4.61. The maximum atomic E-state index is 12.2. The van der Waals surface area contributed by atoms with Gasteiger partial charge in [-0.3, -0.25) is 4.79 Å². The summed E-state index contributed by atoms with van der Waals surface area (Å²) in [7, 11) is 0. The number of hydrogen-bond acceptors (Lipinski definition) is 4. The van der Waals surface area contributed by atoms with Crippen molar-refractivity contribution in [3.63, 3.8) is 0 Å². The summed E-state index contributed by atoms with van der Waals surface area (Å²) in [5.74, 6) is 0.117. The van der Waals surface area contributed by atoms with E-state index in [2.05, 4.69) is 4.98 Å². The molecule has 1 unspecified atom stereocenters. The molecule has 1 aromatic rings. The molecule has 0 radical (unpaired) electrons. The molecular formula is C12H19N3O. The maximum Gasteiger partial charge on any atom is 0.186 e. The van der Waals surface area contributed by atoms with Gasteiger partial charge >= 0.3 is 0 Å². The minimum atomic E-state index is -0.863. The Morgan fingerprint density at radius 2 is 2.19 bits per heavy atom. The third-order valence-corrected chi connectivity index (χ3v) is 2.59.